The standard InChI is InChI=1S/C17H20N2O4/c1-4-10(2)13(17(21)22)18-15(20)14-11(3)23-16(19-14)12-8-6-5-7-9-12/h5-10,13H,4H2,1-3H3,(H,18,20)(H,21,22). The van der Waals surface area contributed by atoms with Crippen LogP contribution in [0.1, 0.15) is 36.5 Å². The van der Waals surface area contributed by atoms with Crippen LogP contribution in [0, 0.1) is 12.8 Å². The van der Waals surface area contributed by atoms with Crippen molar-refractivity contribution in [3.63, 3.8) is 0 Å². The lowest BCUT2D eigenvalue weighted by Crippen LogP contribution is -2.45. The maximum Gasteiger partial charge on any atom is 0.326 e. The summed E-state index contributed by atoms with van der Waals surface area (Å²) in [7, 11) is 0. The maximum atomic E-state index is 12.3. The zero-order valence-corrected chi connectivity index (χ0v) is 13.4. The van der Waals surface area contributed by atoms with Gasteiger partial charge in [-0.3, -0.25) is 4.79 Å². The molecule has 23 heavy (non-hydrogen) atoms. The van der Waals surface area contributed by atoms with Crippen molar-refractivity contribution >= 4 is 11.9 Å². The molecule has 2 rings (SSSR count). The Balaban J connectivity index is 2.23. The number of aliphatic carboxylic acids is 1. The van der Waals surface area contributed by atoms with Crippen molar-refractivity contribution in [2.24, 2.45) is 5.92 Å². The van der Waals surface area contributed by atoms with E-state index >= 15 is 0 Å². The van der Waals surface area contributed by atoms with Crippen molar-refractivity contribution in [3.05, 3.63) is 41.8 Å². The minimum absolute atomic E-state index is 0.110. The van der Waals surface area contributed by atoms with Gasteiger partial charge in [-0.05, 0) is 25.0 Å². The molecule has 0 aliphatic rings. The van der Waals surface area contributed by atoms with Crippen LogP contribution in [0.2, 0.25) is 0 Å². The molecular formula is C17H20N2O4. The van der Waals surface area contributed by atoms with Gasteiger partial charge in [0.1, 0.15) is 11.8 Å². The number of hydrogen-bond acceptors (Lipinski definition) is 4. The van der Waals surface area contributed by atoms with Gasteiger partial charge in [0.25, 0.3) is 5.91 Å². The Labute approximate surface area is 134 Å². The molecule has 1 aromatic heterocycles. The molecule has 2 aromatic rings. The molecule has 6 heteroatoms. The number of oxazole rings is 1. The van der Waals surface area contributed by atoms with E-state index in [0.29, 0.717) is 18.1 Å². The Morgan fingerprint density at radius 1 is 1.30 bits per heavy atom. The summed E-state index contributed by atoms with van der Waals surface area (Å²) in [5, 5.41) is 11.8. The fourth-order valence-corrected chi connectivity index (χ4v) is 2.20. The largest absolute Gasteiger partial charge is 0.480 e. The highest BCUT2D eigenvalue weighted by molar-refractivity contribution is 5.96. The van der Waals surface area contributed by atoms with Gasteiger partial charge in [-0.15, -0.1) is 0 Å². The molecular weight excluding hydrogens is 296 g/mol. The molecule has 1 heterocycles. The minimum atomic E-state index is -1.06. The number of carboxylic acids is 1. The van der Waals surface area contributed by atoms with E-state index in [9.17, 15) is 14.7 Å². The first-order valence-corrected chi connectivity index (χ1v) is 7.50. The van der Waals surface area contributed by atoms with E-state index in [1.807, 2.05) is 37.3 Å². The zero-order chi connectivity index (χ0) is 17.0. The summed E-state index contributed by atoms with van der Waals surface area (Å²) in [5.41, 5.74) is 0.866. The number of benzene rings is 1. The molecule has 0 aliphatic carbocycles. The summed E-state index contributed by atoms with van der Waals surface area (Å²) in [6.07, 6.45) is 0.643. The summed E-state index contributed by atoms with van der Waals surface area (Å²) in [6, 6.07) is 8.26. The zero-order valence-electron chi connectivity index (χ0n) is 13.4. The molecule has 1 amide bonds. The van der Waals surface area contributed by atoms with E-state index in [4.69, 9.17) is 4.42 Å². The molecule has 0 saturated heterocycles. The van der Waals surface area contributed by atoms with Crippen LogP contribution in [0.5, 0.6) is 0 Å². The van der Waals surface area contributed by atoms with E-state index in [1.54, 1.807) is 13.8 Å². The number of nitrogens with one attached hydrogen (secondary N) is 1. The van der Waals surface area contributed by atoms with Crippen molar-refractivity contribution in [2.45, 2.75) is 33.2 Å². The molecule has 122 valence electrons. The highest BCUT2D eigenvalue weighted by Gasteiger charge is 2.28. The summed E-state index contributed by atoms with van der Waals surface area (Å²) in [5.74, 6) is -1.09. The second-order valence-electron chi connectivity index (χ2n) is 5.46. The van der Waals surface area contributed by atoms with E-state index < -0.39 is 17.9 Å². The van der Waals surface area contributed by atoms with Crippen LogP contribution >= 0.6 is 0 Å². The lowest BCUT2D eigenvalue weighted by atomic mass is 9.99. The van der Waals surface area contributed by atoms with Gasteiger partial charge < -0.3 is 14.8 Å². The Morgan fingerprint density at radius 2 is 1.96 bits per heavy atom. The second-order valence-corrected chi connectivity index (χ2v) is 5.46. The lowest BCUT2D eigenvalue weighted by Gasteiger charge is -2.19. The molecule has 0 bridgehead atoms. The predicted octanol–water partition coefficient (Wildman–Crippen LogP) is 2.88. The third-order valence-electron chi connectivity index (χ3n) is 3.80. The first-order chi connectivity index (χ1) is 10.9. The first kappa shape index (κ1) is 16.7. The summed E-state index contributed by atoms with van der Waals surface area (Å²) in [6.45, 7) is 5.29. The quantitative estimate of drug-likeness (QED) is 0.855. The Hall–Kier alpha value is -2.63. The number of amides is 1. The average Bonchev–Trinajstić information content (AvgIpc) is 2.94. The Morgan fingerprint density at radius 3 is 2.52 bits per heavy atom. The van der Waals surface area contributed by atoms with E-state index in [2.05, 4.69) is 10.3 Å². The number of hydrogen-bond donors (Lipinski definition) is 2. The fourth-order valence-electron chi connectivity index (χ4n) is 2.20. The highest BCUT2D eigenvalue weighted by atomic mass is 16.4. The summed E-state index contributed by atoms with van der Waals surface area (Å²) < 4.78 is 5.53. The Kier molecular flexibility index (Phi) is 5.16. The lowest BCUT2D eigenvalue weighted by molar-refractivity contribution is -0.140. The summed E-state index contributed by atoms with van der Waals surface area (Å²) >= 11 is 0. The molecule has 0 radical (unpaired) electrons. The van der Waals surface area contributed by atoms with Gasteiger partial charge in [-0.2, -0.15) is 0 Å². The van der Waals surface area contributed by atoms with Gasteiger partial charge in [0.2, 0.25) is 5.89 Å². The number of aromatic nitrogens is 1. The van der Waals surface area contributed by atoms with Crippen LogP contribution in [-0.2, 0) is 4.79 Å². The molecule has 0 aliphatic heterocycles. The van der Waals surface area contributed by atoms with Gasteiger partial charge in [-0.25, -0.2) is 9.78 Å². The number of carbonyl (C=O) groups is 2. The fraction of sp³-hybridized carbons (Fsp3) is 0.353. The van der Waals surface area contributed by atoms with Crippen LogP contribution in [0.4, 0.5) is 0 Å². The highest BCUT2D eigenvalue weighted by Crippen LogP contribution is 2.21. The topological polar surface area (TPSA) is 92.4 Å². The molecule has 2 unspecified atom stereocenters. The van der Waals surface area contributed by atoms with Gasteiger partial charge >= 0.3 is 5.97 Å². The van der Waals surface area contributed by atoms with Crippen LogP contribution in [-0.4, -0.2) is 28.0 Å². The van der Waals surface area contributed by atoms with E-state index in [1.165, 1.54) is 0 Å². The third kappa shape index (κ3) is 3.77. The predicted molar refractivity (Wildman–Crippen MR) is 85.0 cm³/mol. The van der Waals surface area contributed by atoms with Crippen molar-refractivity contribution in [1.82, 2.24) is 10.3 Å². The van der Waals surface area contributed by atoms with Gasteiger partial charge in [0, 0.05) is 5.56 Å². The van der Waals surface area contributed by atoms with Gasteiger partial charge in [0.15, 0.2) is 5.69 Å². The smallest absolute Gasteiger partial charge is 0.326 e. The van der Waals surface area contributed by atoms with Crippen LogP contribution < -0.4 is 5.32 Å². The van der Waals surface area contributed by atoms with Gasteiger partial charge in [-0.1, -0.05) is 38.5 Å². The minimum Gasteiger partial charge on any atom is -0.480 e. The number of carboxylic acid groups (broad SMARTS) is 1. The second kappa shape index (κ2) is 7.09. The van der Waals surface area contributed by atoms with E-state index in [-0.39, 0.29) is 11.6 Å². The molecule has 0 fully saturated rings. The molecule has 1 aromatic carbocycles. The number of rotatable bonds is 6. The van der Waals surface area contributed by atoms with Crippen molar-refractivity contribution in [1.29, 1.82) is 0 Å². The van der Waals surface area contributed by atoms with Crippen LogP contribution in [0.3, 0.4) is 0 Å². The van der Waals surface area contributed by atoms with Crippen LogP contribution in [0.15, 0.2) is 34.7 Å². The first-order valence-electron chi connectivity index (χ1n) is 7.50. The number of aryl methyl sites for hydroxylation is 1. The van der Waals surface area contributed by atoms with E-state index in [0.717, 1.165) is 5.56 Å². The SMILES string of the molecule is CCC(C)C(NC(=O)c1nc(-c2ccccc2)oc1C)C(=O)O. The monoisotopic (exact) mass is 316 g/mol. The van der Waals surface area contributed by atoms with Crippen molar-refractivity contribution in [3.8, 4) is 11.5 Å². The molecule has 6 nitrogen and oxygen atoms in total. The maximum absolute atomic E-state index is 12.3. The number of carbonyl (C=O) groups excluding carboxylic acids is 1. The number of nitrogens with zero attached hydrogens (tertiary/aromatic N) is 1. The normalized spacial score (nSPS) is 13.3. The van der Waals surface area contributed by atoms with Crippen molar-refractivity contribution < 1.29 is 19.1 Å². The molecule has 0 saturated carbocycles. The third-order valence-corrected chi connectivity index (χ3v) is 3.80. The molecule has 0 spiro atoms. The van der Waals surface area contributed by atoms with Gasteiger partial charge in [0.05, 0.1) is 0 Å². The average molecular weight is 316 g/mol. The van der Waals surface area contributed by atoms with Crippen molar-refractivity contribution in [2.75, 3.05) is 0 Å². The summed E-state index contributed by atoms with van der Waals surface area (Å²) in [4.78, 5) is 27.9. The van der Waals surface area contributed by atoms with Crippen LogP contribution in [0.25, 0.3) is 11.5 Å². The Bertz CT molecular complexity index is 694. The molecule has 2 atom stereocenters. The molecule has 2 N–H and O–H groups in total.